The molecule has 0 unspecified atom stereocenters. The van der Waals surface area contributed by atoms with Crippen molar-refractivity contribution in [2.24, 2.45) is 5.41 Å². The maximum absolute atomic E-state index is 10.8. The molecule has 0 bridgehead atoms. The molecule has 10 heavy (non-hydrogen) atoms. The van der Waals surface area contributed by atoms with E-state index in [0.29, 0.717) is 6.61 Å². The first-order valence-corrected chi connectivity index (χ1v) is 5.07. The fourth-order valence-corrected chi connectivity index (χ4v) is 3.27. The van der Waals surface area contributed by atoms with Crippen LogP contribution in [0.3, 0.4) is 0 Å². The zero-order chi connectivity index (χ0) is 7.24. The summed E-state index contributed by atoms with van der Waals surface area (Å²) in [6.07, 6.45) is 3.23. The Morgan fingerprint density at radius 1 is 1.30 bits per heavy atom. The lowest BCUT2D eigenvalue weighted by molar-refractivity contribution is 0.119. The normalized spacial score (nSPS) is 34.0. The number of rotatable bonds is 0. The van der Waals surface area contributed by atoms with Gasteiger partial charge in [-0.25, -0.2) is 0 Å². The highest BCUT2D eigenvalue weighted by atomic mass is 32.2. The van der Waals surface area contributed by atoms with E-state index in [1.807, 2.05) is 0 Å². The Morgan fingerprint density at radius 3 is 2.20 bits per heavy atom. The fraction of sp³-hybridized carbons (Fsp3) is 1.00. The third-order valence-electron chi connectivity index (χ3n) is 2.44. The zero-order valence-corrected chi connectivity index (χ0v) is 6.49. The van der Waals surface area contributed by atoms with Gasteiger partial charge in [0.1, 0.15) is 0 Å². The molecule has 1 spiro atoms. The van der Waals surface area contributed by atoms with Crippen LogP contribution < -0.4 is 0 Å². The van der Waals surface area contributed by atoms with Crippen LogP contribution >= 0.6 is 0 Å². The van der Waals surface area contributed by atoms with E-state index in [1.54, 1.807) is 0 Å². The Bertz CT molecular complexity index is 238. The van der Waals surface area contributed by atoms with Gasteiger partial charge >= 0.3 is 0 Å². The van der Waals surface area contributed by atoms with Gasteiger partial charge in [-0.1, -0.05) is 6.42 Å². The monoisotopic (exact) mass is 162 g/mol. The second-order valence-corrected chi connectivity index (χ2v) is 4.96. The van der Waals surface area contributed by atoms with E-state index < -0.39 is 10.1 Å². The Labute approximate surface area is 60.5 Å². The molecular weight excluding hydrogens is 152 g/mol. The Morgan fingerprint density at radius 2 is 2.00 bits per heavy atom. The molecule has 0 amide bonds. The summed E-state index contributed by atoms with van der Waals surface area (Å²) in [5, 5.41) is 0. The molecule has 1 aliphatic heterocycles. The SMILES string of the molecule is O=S1(=O)CC2(CCC2)CO1. The third kappa shape index (κ3) is 0.864. The second kappa shape index (κ2) is 1.74. The van der Waals surface area contributed by atoms with Gasteiger partial charge in [-0.05, 0) is 12.8 Å². The van der Waals surface area contributed by atoms with Crippen molar-refractivity contribution in [1.82, 2.24) is 0 Å². The molecule has 4 heteroatoms. The molecule has 1 saturated heterocycles. The Hall–Kier alpha value is -0.0900. The molecule has 0 atom stereocenters. The molecule has 0 aromatic carbocycles. The van der Waals surface area contributed by atoms with Crippen LogP contribution in [0.5, 0.6) is 0 Å². The van der Waals surface area contributed by atoms with Crippen LogP contribution in [-0.2, 0) is 14.3 Å². The minimum Gasteiger partial charge on any atom is -0.269 e. The molecule has 1 aliphatic carbocycles. The highest BCUT2D eigenvalue weighted by Crippen LogP contribution is 2.46. The second-order valence-electron chi connectivity index (χ2n) is 3.32. The summed E-state index contributed by atoms with van der Waals surface area (Å²) in [6.45, 7) is 0.440. The van der Waals surface area contributed by atoms with Crippen molar-refractivity contribution in [3.63, 3.8) is 0 Å². The smallest absolute Gasteiger partial charge is 0.267 e. The average Bonchev–Trinajstić information content (AvgIpc) is 2.04. The summed E-state index contributed by atoms with van der Waals surface area (Å²) < 4.78 is 26.3. The van der Waals surface area contributed by atoms with E-state index in [4.69, 9.17) is 0 Å². The van der Waals surface area contributed by atoms with Crippen molar-refractivity contribution in [2.45, 2.75) is 19.3 Å². The van der Waals surface area contributed by atoms with Crippen LogP contribution in [0.25, 0.3) is 0 Å². The first kappa shape index (κ1) is 6.61. The predicted octanol–water partition coefficient (Wildman–Crippen LogP) is 0.517. The fourth-order valence-electron chi connectivity index (χ4n) is 1.64. The number of hydrogen-bond acceptors (Lipinski definition) is 3. The standard InChI is InChI=1S/C6H10O3S/c7-10(8)5-6(4-9-10)2-1-3-6/h1-5H2. The quantitative estimate of drug-likeness (QED) is 0.488. The minimum atomic E-state index is -3.11. The van der Waals surface area contributed by atoms with Crippen molar-refractivity contribution in [1.29, 1.82) is 0 Å². The lowest BCUT2D eigenvalue weighted by atomic mass is 9.71. The van der Waals surface area contributed by atoms with Crippen molar-refractivity contribution in [3.8, 4) is 0 Å². The summed E-state index contributed by atoms with van der Waals surface area (Å²) in [4.78, 5) is 0. The molecule has 2 fully saturated rings. The summed E-state index contributed by atoms with van der Waals surface area (Å²) in [5.74, 6) is 0.264. The van der Waals surface area contributed by atoms with Crippen LogP contribution in [0.1, 0.15) is 19.3 Å². The Kier molecular flexibility index (Phi) is 1.15. The van der Waals surface area contributed by atoms with Gasteiger partial charge in [0.2, 0.25) is 0 Å². The van der Waals surface area contributed by atoms with Crippen LogP contribution in [0.15, 0.2) is 0 Å². The Balaban J connectivity index is 2.19. The van der Waals surface area contributed by atoms with Gasteiger partial charge in [0.25, 0.3) is 10.1 Å². The van der Waals surface area contributed by atoms with E-state index in [2.05, 4.69) is 4.18 Å². The summed E-state index contributed by atoms with van der Waals surface area (Å²) in [5.41, 5.74) is 0.0405. The molecule has 0 aromatic heterocycles. The minimum absolute atomic E-state index is 0.0405. The lowest BCUT2D eigenvalue weighted by Gasteiger charge is -2.34. The summed E-state index contributed by atoms with van der Waals surface area (Å²) in [7, 11) is -3.11. The maximum Gasteiger partial charge on any atom is 0.267 e. The third-order valence-corrected chi connectivity index (χ3v) is 3.88. The van der Waals surface area contributed by atoms with Crippen LogP contribution in [0.4, 0.5) is 0 Å². The molecule has 0 radical (unpaired) electrons. The van der Waals surface area contributed by atoms with Crippen LogP contribution in [0, 0.1) is 5.41 Å². The van der Waals surface area contributed by atoms with Gasteiger partial charge < -0.3 is 0 Å². The summed E-state index contributed by atoms with van der Waals surface area (Å²) >= 11 is 0. The van der Waals surface area contributed by atoms with E-state index in [9.17, 15) is 8.42 Å². The first-order valence-electron chi connectivity index (χ1n) is 3.49. The first-order chi connectivity index (χ1) is 4.62. The molecule has 1 saturated carbocycles. The van der Waals surface area contributed by atoms with Crippen LogP contribution in [0.2, 0.25) is 0 Å². The van der Waals surface area contributed by atoms with E-state index in [0.717, 1.165) is 12.8 Å². The predicted molar refractivity (Wildman–Crippen MR) is 36.0 cm³/mol. The zero-order valence-electron chi connectivity index (χ0n) is 5.67. The number of hydrogen-bond donors (Lipinski definition) is 0. The average molecular weight is 162 g/mol. The van der Waals surface area contributed by atoms with Gasteiger partial charge in [-0.15, -0.1) is 0 Å². The molecular formula is C6H10O3S. The van der Waals surface area contributed by atoms with Gasteiger partial charge in [0.15, 0.2) is 0 Å². The molecule has 3 nitrogen and oxygen atoms in total. The topological polar surface area (TPSA) is 43.4 Å². The van der Waals surface area contributed by atoms with Gasteiger partial charge in [-0.2, -0.15) is 8.42 Å². The molecule has 2 aliphatic rings. The van der Waals surface area contributed by atoms with Gasteiger partial charge in [0, 0.05) is 5.41 Å². The van der Waals surface area contributed by atoms with E-state index in [-0.39, 0.29) is 11.2 Å². The largest absolute Gasteiger partial charge is 0.269 e. The van der Waals surface area contributed by atoms with Crippen molar-refractivity contribution in [2.75, 3.05) is 12.4 Å². The highest BCUT2D eigenvalue weighted by Gasteiger charge is 2.47. The maximum atomic E-state index is 10.8. The van der Waals surface area contributed by atoms with Crippen molar-refractivity contribution < 1.29 is 12.6 Å². The molecule has 58 valence electrons. The van der Waals surface area contributed by atoms with Crippen LogP contribution in [-0.4, -0.2) is 20.8 Å². The van der Waals surface area contributed by atoms with Crippen molar-refractivity contribution >= 4 is 10.1 Å². The molecule has 0 aromatic rings. The molecule has 0 N–H and O–H groups in total. The van der Waals surface area contributed by atoms with Crippen molar-refractivity contribution in [3.05, 3.63) is 0 Å². The highest BCUT2D eigenvalue weighted by molar-refractivity contribution is 7.87. The van der Waals surface area contributed by atoms with Gasteiger partial charge in [-0.3, -0.25) is 4.18 Å². The van der Waals surface area contributed by atoms with E-state index in [1.165, 1.54) is 6.42 Å². The van der Waals surface area contributed by atoms with E-state index >= 15 is 0 Å². The van der Waals surface area contributed by atoms with Gasteiger partial charge in [0.05, 0.1) is 12.4 Å². The summed E-state index contributed by atoms with van der Waals surface area (Å²) in [6, 6.07) is 0. The molecule has 1 heterocycles. The molecule has 2 rings (SSSR count). The lowest BCUT2D eigenvalue weighted by Crippen LogP contribution is -2.32.